The Kier molecular flexibility index (Phi) is 2.25. The van der Waals surface area contributed by atoms with E-state index >= 15 is 0 Å². The van der Waals surface area contributed by atoms with Gasteiger partial charge in [0.1, 0.15) is 5.69 Å². The third-order valence-corrected chi connectivity index (χ3v) is 2.66. The molecule has 0 unspecified atom stereocenters. The molecule has 2 heterocycles. The fourth-order valence-electron chi connectivity index (χ4n) is 1.46. The lowest BCUT2D eigenvalue weighted by atomic mass is 10.1. The first-order chi connectivity index (χ1) is 6.70. The van der Waals surface area contributed by atoms with Gasteiger partial charge in [0.2, 0.25) is 0 Å². The van der Waals surface area contributed by atoms with E-state index in [0.29, 0.717) is 11.7 Å². The van der Waals surface area contributed by atoms with Gasteiger partial charge in [-0.3, -0.25) is 4.79 Å². The van der Waals surface area contributed by atoms with E-state index in [1.165, 1.54) is 0 Å². The van der Waals surface area contributed by atoms with Gasteiger partial charge in [0.05, 0.1) is 18.6 Å². The van der Waals surface area contributed by atoms with Gasteiger partial charge in [-0.05, 0) is 0 Å². The zero-order valence-corrected chi connectivity index (χ0v) is 8.40. The third-order valence-electron chi connectivity index (χ3n) is 2.66. The quantitative estimate of drug-likeness (QED) is 0.688. The molecule has 0 aliphatic carbocycles. The minimum absolute atomic E-state index is 0.0384. The second-order valence-corrected chi connectivity index (χ2v) is 3.62. The first kappa shape index (κ1) is 9.21. The van der Waals surface area contributed by atoms with Crippen molar-refractivity contribution in [3.8, 4) is 0 Å². The molecule has 0 radical (unpaired) electrons. The summed E-state index contributed by atoms with van der Waals surface area (Å²) in [5.41, 5.74) is 0.638. The average molecular weight is 194 g/mol. The van der Waals surface area contributed by atoms with Crippen LogP contribution in [0.5, 0.6) is 0 Å². The Bertz CT molecular complexity index is 342. The van der Waals surface area contributed by atoms with E-state index in [2.05, 4.69) is 10.3 Å². The Hall–Kier alpha value is -1.36. The third kappa shape index (κ3) is 1.39. The lowest BCUT2D eigenvalue weighted by Crippen LogP contribution is -2.57. The molecular weight excluding hydrogens is 180 g/mol. The number of aromatic nitrogens is 2. The number of hydrogen-bond donors (Lipinski definition) is 1. The SMILES string of the molecule is CN(C(=O)c1cncn1C)C1CNC1. The normalized spacial score (nSPS) is 16.4. The van der Waals surface area contributed by atoms with Gasteiger partial charge >= 0.3 is 0 Å². The fraction of sp³-hybridized carbons (Fsp3) is 0.556. The molecule has 1 N–H and O–H groups in total. The van der Waals surface area contributed by atoms with Crippen LogP contribution in [0.25, 0.3) is 0 Å². The summed E-state index contributed by atoms with van der Waals surface area (Å²) in [6, 6.07) is 0.331. The van der Waals surface area contributed by atoms with Crippen LogP contribution in [0.1, 0.15) is 10.5 Å². The summed E-state index contributed by atoms with van der Waals surface area (Å²) >= 11 is 0. The highest BCUT2D eigenvalue weighted by atomic mass is 16.2. The summed E-state index contributed by atoms with van der Waals surface area (Å²) in [4.78, 5) is 17.6. The minimum atomic E-state index is 0.0384. The van der Waals surface area contributed by atoms with Gasteiger partial charge in [-0.1, -0.05) is 0 Å². The number of nitrogens with zero attached hydrogens (tertiary/aromatic N) is 3. The van der Waals surface area contributed by atoms with Crippen LogP contribution in [0.3, 0.4) is 0 Å². The molecule has 1 aliphatic rings. The number of carbonyl (C=O) groups excluding carboxylic acids is 1. The summed E-state index contributed by atoms with van der Waals surface area (Å²) in [7, 11) is 3.66. The standard InChI is InChI=1S/C9H14N4O/c1-12-6-11-5-8(12)9(14)13(2)7-3-10-4-7/h5-7,10H,3-4H2,1-2H3. The zero-order chi connectivity index (χ0) is 10.1. The number of likely N-dealkylation sites (N-methyl/N-ethyl adjacent to an activating group) is 1. The highest BCUT2D eigenvalue weighted by molar-refractivity contribution is 5.92. The predicted octanol–water partition coefficient (Wildman–Crippen LogP) is -0.536. The van der Waals surface area contributed by atoms with E-state index in [1.807, 2.05) is 14.1 Å². The number of rotatable bonds is 2. The molecule has 1 amide bonds. The molecule has 76 valence electrons. The molecular formula is C9H14N4O. The molecule has 1 saturated heterocycles. The Labute approximate surface area is 82.7 Å². The van der Waals surface area contributed by atoms with Crippen LogP contribution in [-0.4, -0.2) is 46.5 Å². The molecule has 0 spiro atoms. The molecule has 0 bridgehead atoms. The molecule has 5 nitrogen and oxygen atoms in total. The van der Waals surface area contributed by atoms with Gasteiger partial charge < -0.3 is 14.8 Å². The molecule has 2 rings (SSSR count). The average Bonchev–Trinajstić information content (AvgIpc) is 2.47. The number of carbonyl (C=O) groups is 1. The van der Waals surface area contributed by atoms with Crippen LogP contribution in [0.2, 0.25) is 0 Å². The van der Waals surface area contributed by atoms with Crippen molar-refractivity contribution in [3.05, 3.63) is 18.2 Å². The summed E-state index contributed by atoms with van der Waals surface area (Å²) in [6.07, 6.45) is 3.24. The molecule has 0 aromatic carbocycles. The maximum Gasteiger partial charge on any atom is 0.272 e. The Morgan fingerprint density at radius 1 is 1.71 bits per heavy atom. The number of nitrogens with one attached hydrogen (secondary N) is 1. The first-order valence-electron chi connectivity index (χ1n) is 4.64. The molecule has 14 heavy (non-hydrogen) atoms. The van der Waals surface area contributed by atoms with E-state index in [9.17, 15) is 4.79 Å². The van der Waals surface area contributed by atoms with E-state index in [1.54, 1.807) is 22.0 Å². The Morgan fingerprint density at radius 3 is 2.86 bits per heavy atom. The zero-order valence-electron chi connectivity index (χ0n) is 8.40. The highest BCUT2D eigenvalue weighted by Gasteiger charge is 2.27. The maximum atomic E-state index is 11.9. The number of aryl methyl sites for hydroxylation is 1. The van der Waals surface area contributed by atoms with Gasteiger partial charge in [-0.15, -0.1) is 0 Å². The number of imidazole rings is 1. The molecule has 1 aromatic heterocycles. The molecule has 1 aliphatic heterocycles. The lowest BCUT2D eigenvalue weighted by molar-refractivity contribution is 0.0671. The molecule has 1 aromatic rings. The van der Waals surface area contributed by atoms with Crippen molar-refractivity contribution in [2.75, 3.05) is 20.1 Å². The Morgan fingerprint density at radius 2 is 2.43 bits per heavy atom. The first-order valence-corrected chi connectivity index (χ1v) is 4.64. The van der Waals surface area contributed by atoms with E-state index in [-0.39, 0.29) is 5.91 Å². The van der Waals surface area contributed by atoms with Gasteiger partial charge in [-0.2, -0.15) is 0 Å². The van der Waals surface area contributed by atoms with Crippen molar-refractivity contribution in [1.82, 2.24) is 19.8 Å². The van der Waals surface area contributed by atoms with Crippen molar-refractivity contribution >= 4 is 5.91 Å². The highest BCUT2D eigenvalue weighted by Crippen LogP contribution is 2.08. The van der Waals surface area contributed by atoms with Crippen molar-refractivity contribution in [1.29, 1.82) is 0 Å². The largest absolute Gasteiger partial charge is 0.335 e. The van der Waals surface area contributed by atoms with Crippen molar-refractivity contribution in [3.63, 3.8) is 0 Å². The van der Waals surface area contributed by atoms with Crippen molar-refractivity contribution in [2.45, 2.75) is 6.04 Å². The summed E-state index contributed by atoms with van der Waals surface area (Å²) < 4.78 is 1.74. The Balaban J connectivity index is 2.11. The van der Waals surface area contributed by atoms with Crippen LogP contribution >= 0.6 is 0 Å². The molecule has 0 atom stereocenters. The smallest absolute Gasteiger partial charge is 0.272 e. The van der Waals surface area contributed by atoms with Crippen LogP contribution < -0.4 is 5.32 Å². The van der Waals surface area contributed by atoms with Crippen molar-refractivity contribution < 1.29 is 4.79 Å². The van der Waals surface area contributed by atoms with Crippen molar-refractivity contribution in [2.24, 2.45) is 7.05 Å². The van der Waals surface area contributed by atoms with Crippen LogP contribution in [0.4, 0.5) is 0 Å². The minimum Gasteiger partial charge on any atom is -0.335 e. The predicted molar refractivity (Wildman–Crippen MR) is 52.0 cm³/mol. The summed E-state index contributed by atoms with van der Waals surface area (Å²) in [6.45, 7) is 1.78. The molecule has 5 heteroatoms. The van der Waals surface area contributed by atoms with Gasteiger partial charge in [0.25, 0.3) is 5.91 Å². The second-order valence-electron chi connectivity index (χ2n) is 3.62. The fourth-order valence-corrected chi connectivity index (χ4v) is 1.46. The second kappa shape index (κ2) is 3.42. The van der Waals surface area contributed by atoms with E-state index < -0.39 is 0 Å². The monoisotopic (exact) mass is 194 g/mol. The van der Waals surface area contributed by atoms with Gasteiger partial charge in [0, 0.05) is 27.2 Å². The topological polar surface area (TPSA) is 50.2 Å². The lowest BCUT2D eigenvalue weighted by Gasteiger charge is -2.35. The van der Waals surface area contributed by atoms with Crippen LogP contribution in [0, 0.1) is 0 Å². The number of amides is 1. The molecule has 0 saturated carbocycles. The summed E-state index contributed by atoms with van der Waals surface area (Å²) in [5.74, 6) is 0.0384. The van der Waals surface area contributed by atoms with E-state index in [0.717, 1.165) is 13.1 Å². The van der Waals surface area contributed by atoms with Gasteiger partial charge in [-0.25, -0.2) is 4.98 Å². The molecule has 1 fully saturated rings. The van der Waals surface area contributed by atoms with Crippen LogP contribution in [0.15, 0.2) is 12.5 Å². The van der Waals surface area contributed by atoms with Crippen LogP contribution in [-0.2, 0) is 7.05 Å². The maximum absolute atomic E-state index is 11.9. The summed E-state index contributed by atoms with van der Waals surface area (Å²) in [5, 5.41) is 3.14. The van der Waals surface area contributed by atoms with E-state index in [4.69, 9.17) is 0 Å². The van der Waals surface area contributed by atoms with Gasteiger partial charge in [0.15, 0.2) is 0 Å². The number of hydrogen-bond acceptors (Lipinski definition) is 3.